The average molecular weight is 451 g/mol. The number of sulfonamides is 1. The summed E-state index contributed by atoms with van der Waals surface area (Å²) >= 11 is 6.02. The minimum atomic E-state index is -3.62. The maximum Gasteiger partial charge on any atom is 0.258 e. The number of halogens is 1. The van der Waals surface area contributed by atoms with Gasteiger partial charge in [-0.15, -0.1) is 0 Å². The minimum absolute atomic E-state index is 0.125. The number of nitrogens with one attached hydrogen (secondary N) is 1. The van der Waals surface area contributed by atoms with E-state index in [9.17, 15) is 13.2 Å². The lowest BCUT2D eigenvalue weighted by Gasteiger charge is -2.30. The Bertz CT molecular complexity index is 1010. The summed E-state index contributed by atoms with van der Waals surface area (Å²) in [5.74, 6) is -0.141. The molecule has 0 fully saturated rings. The zero-order valence-electron chi connectivity index (χ0n) is 17.2. The Kier molecular flexibility index (Phi) is 7.52. The van der Waals surface area contributed by atoms with Crippen molar-refractivity contribution in [3.8, 4) is 0 Å². The fourth-order valence-electron chi connectivity index (χ4n) is 3.41. The van der Waals surface area contributed by atoms with Gasteiger partial charge in [0.2, 0.25) is 10.0 Å². The predicted molar refractivity (Wildman–Crippen MR) is 119 cm³/mol. The highest BCUT2D eigenvalue weighted by molar-refractivity contribution is 7.89. The Hall–Kier alpha value is -1.93. The third-order valence-electron chi connectivity index (χ3n) is 4.86. The first-order valence-electron chi connectivity index (χ1n) is 10.1. The van der Waals surface area contributed by atoms with Crippen LogP contribution in [0.5, 0.6) is 0 Å². The lowest BCUT2D eigenvalue weighted by atomic mass is 10.0. The lowest BCUT2D eigenvalue weighted by Crippen LogP contribution is -2.35. The highest BCUT2D eigenvalue weighted by atomic mass is 35.5. The monoisotopic (exact) mass is 450 g/mol. The van der Waals surface area contributed by atoms with Crippen molar-refractivity contribution in [3.63, 3.8) is 0 Å². The van der Waals surface area contributed by atoms with Crippen LogP contribution >= 0.6 is 11.6 Å². The van der Waals surface area contributed by atoms with Gasteiger partial charge in [-0.25, -0.2) is 13.1 Å². The predicted octanol–water partition coefficient (Wildman–Crippen LogP) is 4.03. The molecule has 2 aromatic rings. The Morgan fingerprint density at radius 3 is 2.77 bits per heavy atom. The summed E-state index contributed by atoms with van der Waals surface area (Å²) in [5, 5.41) is 0.504. The fraction of sp³-hybridized carbons (Fsp3) is 0.409. The molecule has 0 aliphatic carbocycles. The topological polar surface area (TPSA) is 75.7 Å². The van der Waals surface area contributed by atoms with E-state index < -0.39 is 10.0 Å². The molecule has 30 heavy (non-hydrogen) atoms. The smallest absolute Gasteiger partial charge is 0.258 e. The molecular weight excluding hydrogens is 424 g/mol. The molecule has 1 amide bonds. The van der Waals surface area contributed by atoms with Crippen LogP contribution < -0.4 is 9.62 Å². The van der Waals surface area contributed by atoms with Crippen molar-refractivity contribution in [3.05, 3.63) is 58.6 Å². The number of carbonyl (C=O) groups is 1. The van der Waals surface area contributed by atoms with Crippen LogP contribution in [0.25, 0.3) is 0 Å². The van der Waals surface area contributed by atoms with Crippen molar-refractivity contribution >= 4 is 33.2 Å². The molecule has 6 nitrogen and oxygen atoms in total. The molecule has 162 valence electrons. The van der Waals surface area contributed by atoms with Crippen LogP contribution in [0.1, 0.15) is 42.6 Å². The number of hydrogen-bond donors (Lipinski definition) is 1. The normalized spacial score (nSPS) is 14.1. The molecule has 2 aromatic carbocycles. The van der Waals surface area contributed by atoms with Gasteiger partial charge in [-0.1, -0.05) is 17.7 Å². The SMILES string of the molecule is CC(C)OCCCNS(=O)(=O)c1ccc2c(c1)CCCN2C(=O)c1cccc(Cl)c1. The largest absolute Gasteiger partial charge is 0.379 e. The van der Waals surface area contributed by atoms with E-state index in [0.29, 0.717) is 36.7 Å². The van der Waals surface area contributed by atoms with E-state index in [-0.39, 0.29) is 16.9 Å². The van der Waals surface area contributed by atoms with E-state index in [1.807, 2.05) is 13.8 Å². The number of rotatable bonds is 8. The number of carbonyl (C=O) groups excluding carboxylic acids is 1. The van der Waals surface area contributed by atoms with Crippen LogP contribution in [0.3, 0.4) is 0 Å². The van der Waals surface area contributed by atoms with Gasteiger partial charge in [0, 0.05) is 36.0 Å². The number of fused-ring (bicyclic) bond motifs is 1. The van der Waals surface area contributed by atoms with Crippen LogP contribution in [0.4, 0.5) is 5.69 Å². The van der Waals surface area contributed by atoms with Gasteiger partial charge in [0.25, 0.3) is 5.91 Å². The molecule has 0 bridgehead atoms. The quantitative estimate of drug-likeness (QED) is 0.616. The fourth-order valence-corrected chi connectivity index (χ4v) is 4.72. The van der Waals surface area contributed by atoms with Gasteiger partial charge in [-0.05, 0) is 75.1 Å². The number of ether oxygens (including phenoxy) is 1. The maximum atomic E-state index is 13.0. The Labute approximate surface area is 183 Å². The number of benzene rings is 2. The van der Waals surface area contributed by atoms with E-state index in [1.165, 1.54) is 0 Å². The second-order valence-corrected chi connectivity index (χ2v) is 9.74. The molecule has 8 heteroatoms. The summed E-state index contributed by atoms with van der Waals surface area (Å²) in [4.78, 5) is 14.9. The van der Waals surface area contributed by atoms with Crippen LogP contribution in [-0.2, 0) is 21.2 Å². The zero-order chi connectivity index (χ0) is 21.7. The van der Waals surface area contributed by atoms with Crippen LogP contribution in [0.2, 0.25) is 5.02 Å². The molecule has 0 atom stereocenters. The van der Waals surface area contributed by atoms with Gasteiger partial charge >= 0.3 is 0 Å². The van der Waals surface area contributed by atoms with Crippen molar-refractivity contribution in [2.24, 2.45) is 0 Å². The summed E-state index contributed by atoms with van der Waals surface area (Å²) < 4.78 is 33.3. The molecular formula is C22H27ClN2O4S. The highest BCUT2D eigenvalue weighted by Gasteiger charge is 2.25. The molecule has 0 saturated carbocycles. The van der Waals surface area contributed by atoms with E-state index in [1.54, 1.807) is 47.4 Å². The molecule has 1 N–H and O–H groups in total. The van der Waals surface area contributed by atoms with Gasteiger partial charge in [0.15, 0.2) is 0 Å². The van der Waals surface area contributed by atoms with Crippen molar-refractivity contribution in [1.29, 1.82) is 0 Å². The van der Waals surface area contributed by atoms with E-state index in [0.717, 1.165) is 24.1 Å². The minimum Gasteiger partial charge on any atom is -0.379 e. The summed E-state index contributed by atoms with van der Waals surface area (Å²) in [6.45, 7) is 5.28. The lowest BCUT2D eigenvalue weighted by molar-refractivity contribution is 0.0778. The average Bonchev–Trinajstić information content (AvgIpc) is 2.71. The molecule has 1 aliphatic rings. The molecule has 0 spiro atoms. The number of hydrogen-bond acceptors (Lipinski definition) is 4. The molecule has 0 unspecified atom stereocenters. The first-order valence-corrected chi connectivity index (χ1v) is 12.0. The second kappa shape index (κ2) is 9.92. The molecule has 0 aromatic heterocycles. The summed E-state index contributed by atoms with van der Waals surface area (Å²) in [6, 6.07) is 11.8. The van der Waals surface area contributed by atoms with Gasteiger partial charge in [-0.2, -0.15) is 0 Å². The number of amides is 1. The Balaban J connectivity index is 1.74. The maximum absolute atomic E-state index is 13.0. The molecule has 1 heterocycles. The third-order valence-corrected chi connectivity index (χ3v) is 6.55. The van der Waals surface area contributed by atoms with Gasteiger partial charge in [-0.3, -0.25) is 4.79 Å². The summed E-state index contributed by atoms with van der Waals surface area (Å²) in [7, 11) is -3.62. The van der Waals surface area contributed by atoms with Crippen molar-refractivity contribution in [1.82, 2.24) is 4.72 Å². The van der Waals surface area contributed by atoms with Crippen molar-refractivity contribution in [2.75, 3.05) is 24.6 Å². The van der Waals surface area contributed by atoms with Crippen LogP contribution in [0.15, 0.2) is 47.4 Å². The molecule has 1 aliphatic heterocycles. The standard InChI is InChI=1S/C22H27ClN2O4S/c1-16(2)29-13-5-11-24-30(27,28)20-9-10-21-17(15-20)7-4-12-25(21)22(26)18-6-3-8-19(23)14-18/h3,6,8-10,14-16,24H,4-5,7,11-13H2,1-2H3. The first-order chi connectivity index (χ1) is 14.3. The van der Waals surface area contributed by atoms with Crippen LogP contribution in [0, 0.1) is 0 Å². The Morgan fingerprint density at radius 2 is 2.03 bits per heavy atom. The zero-order valence-corrected chi connectivity index (χ0v) is 18.8. The van der Waals surface area contributed by atoms with Gasteiger partial charge in [0.1, 0.15) is 0 Å². The first kappa shape index (κ1) is 22.7. The third kappa shape index (κ3) is 5.60. The number of anilines is 1. The number of aryl methyl sites for hydroxylation is 1. The number of nitrogens with zero attached hydrogens (tertiary/aromatic N) is 1. The van der Waals surface area contributed by atoms with E-state index in [2.05, 4.69) is 4.72 Å². The molecule has 0 radical (unpaired) electrons. The van der Waals surface area contributed by atoms with Crippen molar-refractivity contribution in [2.45, 2.75) is 44.1 Å². The van der Waals surface area contributed by atoms with Crippen molar-refractivity contribution < 1.29 is 17.9 Å². The van der Waals surface area contributed by atoms with Gasteiger partial charge < -0.3 is 9.64 Å². The molecule has 0 saturated heterocycles. The summed E-state index contributed by atoms with van der Waals surface area (Å²) in [5.41, 5.74) is 2.11. The summed E-state index contributed by atoms with van der Waals surface area (Å²) in [6.07, 6.45) is 2.22. The Morgan fingerprint density at radius 1 is 1.23 bits per heavy atom. The molecule has 3 rings (SSSR count). The second-order valence-electron chi connectivity index (χ2n) is 7.53. The van der Waals surface area contributed by atoms with Crippen LogP contribution in [-0.4, -0.2) is 40.1 Å². The van der Waals surface area contributed by atoms with E-state index >= 15 is 0 Å². The van der Waals surface area contributed by atoms with Gasteiger partial charge in [0.05, 0.1) is 11.0 Å². The van der Waals surface area contributed by atoms with E-state index in [4.69, 9.17) is 16.3 Å². The highest BCUT2D eigenvalue weighted by Crippen LogP contribution is 2.31.